The molecule has 0 aliphatic rings. The van der Waals surface area contributed by atoms with E-state index < -0.39 is 5.82 Å². The molecule has 96 valence electrons. The van der Waals surface area contributed by atoms with E-state index in [9.17, 15) is 9.18 Å². The van der Waals surface area contributed by atoms with Gasteiger partial charge in [-0.15, -0.1) is 0 Å². The summed E-state index contributed by atoms with van der Waals surface area (Å²) in [7, 11) is 0. The fraction of sp³-hybridized carbons (Fsp3) is 0.385. The summed E-state index contributed by atoms with van der Waals surface area (Å²) in [6.45, 7) is 3.98. The van der Waals surface area contributed by atoms with Crippen molar-refractivity contribution < 1.29 is 9.18 Å². The Bertz CT molecular complexity index is 482. The highest BCUT2D eigenvalue weighted by molar-refractivity contribution is 9.10. The van der Waals surface area contributed by atoms with E-state index in [1.54, 1.807) is 12.1 Å². The van der Waals surface area contributed by atoms with Crippen LogP contribution in [0.1, 0.15) is 30.6 Å². The highest BCUT2D eigenvalue weighted by Gasteiger charge is 2.22. The minimum atomic E-state index is -0.565. The summed E-state index contributed by atoms with van der Waals surface area (Å²) in [5.41, 5.74) is 0.0241. The van der Waals surface area contributed by atoms with Crippen LogP contribution in [0.25, 0.3) is 0 Å². The molecule has 0 fully saturated rings. The standard InChI is InChI=1S/C13H14BrFN2O/c1-9(2)17(8-4-7-16)13(18)10-5-3-6-11(14)12(10)15/h3,5-6,9H,4,8H2,1-2H3. The summed E-state index contributed by atoms with van der Waals surface area (Å²) in [4.78, 5) is 13.7. The first-order valence-corrected chi connectivity index (χ1v) is 6.40. The van der Waals surface area contributed by atoms with Gasteiger partial charge in [0, 0.05) is 12.6 Å². The molecule has 1 aromatic carbocycles. The van der Waals surface area contributed by atoms with Gasteiger partial charge in [-0.05, 0) is 41.9 Å². The molecule has 0 spiro atoms. The second-order valence-corrected chi connectivity index (χ2v) is 4.96. The van der Waals surface area contributed by atoms with E-state index in [0.29, 0.717) is 6.54 Å². The van der Waals surface area contributed by atoms with E-state index in [2.05, 4.69) is 15.9 Å². The number of carbonyl (C=O) groups is 1. The SMILES string of the molecule is CC(C)N(CCC#N)C(=O)c1cccc(Br)c1F. The Morgan fingerprint density at radius 2 is 2.22 bits per heavy atom. The molecular weight excluding hydrogens is 299 g/mol. The largest absolute Gasteiger partial charge is 0.335 e. The topological polar surface area (TPSA) is 44.1 Å². The van der Waals surface area contributed by atoms with Crippen molar-refractivity contribution in [3.63, 3.8) is 0 Å². The average molecular weight is 313 g/mol. The maximum Gasteiger partial charge on any atom is 0.257 e. The van der Waals surface area contributed by atoms with Gasteiger partial charge in [-0.25, -0.2) is 4.39 Å². The molecule has 0 aromatic heterocycles. The Balaban J connectivity index is 3.03. The smallest absolute Gasteiger partial charge is 0.257 e. The highest BCUT2D eigenvalue weighted by atomic mass is 79.9. The Morgan fingerprint density at radius 3 is 2.78 bits per heavy atom. The number of halogens is 2. The zero-order chi connectivity index (χ0) is 13.7. The lowest BCUT2D eigenvalue weighted by Crippen LogP contribution is -2.38. The molecular formula is C13H14BrFN2O. The molecule has 0 saturated heterocycles. The second kappa shape index (κ2) is 6.50. The number of hydrogen-bond donors (Lipinski definition) is 0. The summed E-state index contributed by atoms with van der Waals surface area (Å²) in [6, 6.07) is 6.51. The summed E-state index contributed by atoms with van der Waals surface area (Å²) in [6.07, 6.45) is 0.236. The fourth-order valence-electron chi connectivity index (χ4n) is 1.59. The first kappa shape index (κ1) is 14.7. The molecule has 3 nitrogen and oxygen atoms in total. The van der Waals surface area contributed by atoms with Crippen LogP contribution in [0, 0.1) is 17.1 Å². The molecule has 0 radical (unpaired) electrons. The van der Waals surface area contributed by atoms with Crippen molar-refractivity contribution in [3.8, 4) is 6.07 Å². The zero-order valence-corrected chi connectivity index (χ0v) is 11.9. The van der Waals surface area contributed by atoms with Crippen LogP contribution < -0.4 is 0 Å². The Hall–Kier alpha value is -1.41. The molecule has 18 heavy (non-hydrogen) atoms. The van der Waals surface area contributed by atoms with Crippen LogP contribution in [0.4, 0.5) is 4.39 Å². The number of nitriles is 1. The number of hydrogen-bond acceptors (Lipinski definition) is 2. The average Bonchev–Trinajstić information content (AvgIpc) is 2.32. The van der Waals surface area contributed by atoms with E-state index in [0.717, 1.165) is 0 Å². The van der Waals surface area contributed by atoms with Gasteiger partial charge in [-0.1, -0.05) is 6.07 Å². The van der Waals surface area contributed by atoms with Crippen LogP contribution in [0.5, 0.6) is 0 Å². The Kier molecular flexibility index (Phi) is 5.29. The van der Waals surface area contributed by atoms with Gasteiger partial charge in [0.05, 0.1) is 22.5 Å². The lowest BCUT2D eigenvalue weighted by atomic mass is 10.1. The maximum absolute atomic E-state index is 13.8. The number of amides is 1. The van der Waals surface area contributed by atoms with Crippen molar-refractivity contribution in [3.05, 3.63) is 34.1 Å². The molecule has 0 aliphatic heterocycles. The summed E-state index contributed by atoms with van der Waals surface area (Å²) in [5, 5.41) is 8.58. The van der Waals surface area contributed by atoms with E-state index in [4.69, 9.17) is 5.26 Å². The second-order valence-electron chi connectivity index (χ2n) is 4.10. The van der Waals surface area contributed by atoms with E-state index >= 15 is 0 Å². The van der Waals surface area contributed by atoms with E-state index in [1.807, 2.05) is 19.9 Å². The van der Waals surface area contributed by atoms with Gasteiger partial charge in [0.1, 0.15) is 5.82 Å². The predicted molar refractivity (Wildman–Crippen MR) is 70.5 cm³/mol. The number of nitrogens with zero attached hydrogens (tertiary/aromatic N) is 2. The van der Waals surface area contributed by atoms with Crippen LogP contribution in [0.2, 0.25) is 0 Å². The molecule has 0 saturated carbocycles. The molecule has 0 heterocycles. The van der Waals surface area contributed by atoms with Crippen molar-refractivity contribution in [1.29, 1.82) is 5.26 Å². The van der Waals surface area contributed by atoms with Crippen LogP contribution in [0.15, 0.2) is 22.7 Å². The molecule has 0 atom stereocenters. The quantitative estimate of drug-likeness (QED) is 0.855. The highest BCUT2D eigenvalue weighted by Crippen LogP contribution is 2.20. The molecule has 1 amide bonds. The summed E-state index contributed by atoms with van der Waals surface area (Å²) >= 11 is 3.06. The monoisotopic (exact) mass is 312 g/mol. The van der Waals surface area contributed by atoms with Gasteiger partial charge in [-0.3, -0.25) is 4.79 Å². The van der Waals surface area contributed by atoms with Crippen molar-refractivity contribution in [2.75, 3.05) is 6.54 Å². The van der Waals surface area contributed by atoms with E-state index in [-0.39, 0.29) is 28.4 Å². The first-order chi connectivity index (χ1) is 8.49. The molecule has 0 unspecified atom stereocenters. The lowest BCUT2D eigenvalue weighted by molar-refractivity contribution is 0.0705. The summed E-state index contributed by atoms with van der Waals surface area (Å²) in [5.74, 6) is -0.954. The van der Waals surface area contributed by atoms with Crippen molar-refractivity contribution in [2.45, 2.75) is 26.3 Å². The zero-order valence-electron chi connectivity index (χ0n) is 10.3. The van der Waals surface area contributed by atoms with E-state index in [1.165, 1.54) is 11.0 Å². The molecule has 5 heteroatoms. The molecule has 0 N–H and O–H groups in total. The normalized spacial score (nSPS) is 10.2. The molecule has 0 bridgehead atoms. The number of rotatable bonds is 4. The first-order valence-electron chi connectivity index (χ1n) is 5.61. The van der Waals surface area contributed by atoms with Gasteiger partial charge >= 0.3 is 0 Å². The third kappa shape index (κ3) is 3.30. The minimum Gasteiger partial charge on any atom is -0.335 e. The Morgan fingerprint density at radius 1 is 1.56 bits per heavy atom. The third-order valence-electron chi connectivity index (χ3n) is 2.53. The van der Waals surface area contributed by atoms with Crippen molar-refractivity contribution >= 4 is 21.8 Å². The number of benzene rings is 1. The lowest BCUT2D eigenvalue weighted by Gasteiger charge is -2.26. The molecule has 1 aromatic rings. The maximum atomic E-state index is 13.8. The van der Waals surface area contributed by atoms with Gasteiger partial charge < -0.3 is 4.90 Å². The predicted octanol–water partition coefficient (Wildman–Crippen LogP) is 3.35. The summed E-state index contributed by atoms with van der Waals surface area (Å²) < 4.78 is 14.1. The van der Waals surface area contributed by atoms with Crippen LogP contribution in [-0.2, 0) is 0 Å². The van der Waals surface area contributed by atoms with Crippen molar-refractivity contribution in [1.82, 2.24) is 4.90 Å². The fourth-order valence-corrected chi connectivity index (χ4v) is 1.95. The Labute approximate surface area is 114 Å². The number of carbonyl (C=O) groups excluding carboxylic acids is 1. The van der Waals surface area contributed by atoms with Crippen LogP contribution >= 0.6 is 15.9 Å². The van der Waals surface area contributed by atoms with Gasteiger partial charge in [0.15, 0.2) is 0 Å². The van der Waals surface area contributed by atoms with Gasteiger partial charge in [0.25, 0.3) is 5.91 Å². The van der Waals surface area contributed by atoms with Gasteiger partial charge in [-0.2, -0.15) is 5.26 Å². The molecule has 1 rings (SSSR count). The third-order valence-corrected chi connectivity index (χ3v) is 3.14. The molecule has 0 aliphatic carbocycles. The van der Waals surface area contributed by atoms with Gasteiger partial charge in [0.2, 0.25) is 0 Å². The van der Waals surface area contributed by atoms with Crippen LogP contribution in [-0.4, -0.2) is 23.4 Å². The minimum absolute atomic E-state index is 0.0241. The van der Waals surface area contributed by atoms with Crippen LogP contribution in [0.3, 0.4) is 0 Å². The van der Waals surface area contributed by atoms with Crippen molar-refractivity contribution in [2.24, 2.45) is 0 Å².